The number of rotatable bonds is 16. The molecule has 2 aromatic carbocycles. The zero-order valence-corrected chi connectivity index (χ0v) is 37.7. The average molecular weight is 902 g/mol. The summed E-state index contributed by atoms with van der Waals surface area (Å²) in [6.45, 7) is 17.3. The highest BCUT2D eigenvalue weighted by atomic mass is 35.5. The second kappa shape index (κ2) is 18.6. The Balaban J connectivity index is 0.957. The Labute approximate surface area is 374 Å². The van der Waals surface area contributed by atoms with Gasteiger partial charge >= 0.3 is 0 Å². The number of amides is 1. The molecule has 0 bridgehead atoms. The molecular weight excluding hydrogens is 844 g/mol. The number of nitrogens with one attached hydrogen (secondary N) is 3. The van der Waals surface area contributed by atoms with Crippen LogP contribution in [0.5, 0.6) is 11.5 Å². The maximum atomic E-state index is 13.9. The quantitative estimate of drug-likeness (QED) is 0.0561. The van der Waals surface area contributed by atoms with Crippen molar-refractivity contribution in [2.45, 2.75) is 63.7 Å². The van der Waals surface area contributed by atoms with E-state index in [4.69, 9.17) is 21.1 Å². The van der Waals surface area contributed by atoms with E-state index in [9.17, 15) is 23.3 Å². The predicted octanol–water partition coefficient (Wildman–Crippen LogP) is 8.07. The van der Waals surface area contributed by atoms with Crippen molar-refractivity contribution >= 4 is 55.6 Å². The number of aromatic amines is 1. The lowest BCUT2D eigenvalue weighted by Gasteiger charge is -2.52. The number of likely N-dealkylation sites (tertiary alicyclic amines) is 1. The zero-order chi connectivity index (χ0) is 44.4. The first-order valence-electron chi connectivity index (χ1n) is 21.8. The fraction of sp³-hybridized carbons (Fsp3) is 0.478. The summed E-state index contributed by atoms with van der Waals surface area (Å²) >= 11 is 6.18. The summed E-state index contributed by atoms with van der Waals surface area (Å²) in [4.78, 5) is 39.5. The highest BCUT2D eigenvalue weighted by molar-refractivity contribution is 7.90. The number of hydrogen-bond acceptors (Lipinski definition) is 12. The number of benzene rings is 2. The second-order valence-electron chi connectivity index (χ2n) is 18.3. The molecule has 0 unspecified atom stereocenters. The van der Waals surface area contributed by atoms with E-state index < -0.39 is 31.4 Å². The smallest absolute Gasteiger partial charge is 0.293 e. The number of pyridine rings is 1. The van der Waals surface area contributed by atoms with Crippen molar-refractivity contribution < 1.29 is 27.6 Å². The molecule has 4 aliphatic rings. The third-order valence-corrected chi connectivity index (χ3v) is 14.6. The van der Waals surface area contributed by atoms with Crippen molar-refractivity contribution in [1.29, 1.82) is 0 Å². The van der Waals surface area contributed by atoms with Gasteiger partial charge in [0.25, 0.3) is 21.6 Å². The van der Waals surface area contributed by atoms with E-state index in [1.165, 1.54) is 29.5 Å². The molecule has 17 heteroatoms. The molecule has 3 saturated heterocycles. The lowest BCUT2D eigenvalue weighted by Crippen LogP contribution is -2.59. The first-order valence-corrected chi connectivity index (χ1v) is 23.7. The number of carbonyl (C=O) groups excluding carboxylic acids is 1. The fourth-order valence-corrected chi connectivity index (χ4v) is 10.5. The molecule has 4 aromatic rings. The molecule has 8 rings (SSSR count). The van der Waals surface area contributed by atoms with E-state index in [0.29, 0.717) is 34.9 Å². The number of H-pyrrole nitrogens is 1. The minimum Gasteiger partial charge on any atom is -0.455 e. The molecule has 3 fully saturated rings. The number of hydrogen-bond donors (Lipinski definition) is 3. The van der Waals surface area contributed by atoms with E-state index in [0.717, 1.165) is 121 Å². The van der Waals surface area contributed by atoms with Gasteiger partial charge in [0.2, 0.25) is 0 Å². The van der Waals surface area contributed by atoms with Crippen LogP contribution in [0.1, 0.15) is 69.2 Å². The minimum absolute atomic E-state index is 0.0317. The number of nitro groups is 1. The van der Waals surface area contributed by atoms with Crippen LogP contribution in [0.15, 0.2) is 88.6 Å². The third kappa shape index (κ3) is 10.7. The van der Waals surface area contributed by atoms with E-state index in [-0.39, 0.29) is 22.4 Å². The van der Waals surface area contributed by atoms with E-state index in [1.807, 2.05) is 6.07 Å². The SMILES string of the molecule is C=C(Cl)CCC1=C(CN2CCN(c3ccc(C(=O)NS(=O)(=O)c4ccc(NCCN5CC6(CCOCC6)C5)c([N+](=O)[O-])c4)c(Oc4cnc5[nH]ccc5c4)c3)CC2)CCC(C)(C)C1. The summed E-state index contributed by atoms with van der Waals surface area (Å²) in [6, 6.07) is 12.3. The predicted molar refractivity (Wildman–Crippen MR) is 245 cm³/mol. The van der Waals surface area contributed by atoms with Crippen LogP contribution in [-0.2, 0) is 14.8 Å². The summed E-state index contributed by atoms with van der Waals surface area (Å²) in [5.74, 6) is -0.458. The Kier molecular flexibility index (Phi) is 13.2. The Morgan fingerprint density at radius 2 is 1.81 bits per heavy atom. The number of anilines is 2. The van der Waals surface area contributed by atoms with Gasteiger partial charge in [-0.25, -0.2) is 18.1 Å². The lowest BCUT2D eigenvalue weighted by atomic mass is 9.73. The Morgan fingerprint density at radius 3 is 2.56 bits per heavy atom. The number of nitrogens with zero attached hydrogens (tertiary/aromatic N) is 5. The van der Waals surface area contributed by atoms with E-state index >= 15 is 0 Å². The van der Waals surface area contributed by atoms with Gasteiger partial charge in [-0.2, -0.15) is 0 Å². The van der Waals surface area contributed by atoms with Crippen LogP contribution in [0.3, 0.4) is 0 Å². The van der Waals surface area contributed by atoms with Crippen LogP contribution in [0.4, 0.5) is 17.1 Å². The van der Waals surface area contributed by atoms with Gasteiger partial charge in [-0.1, -0.05) is 43.2 Å². The van der Waals surface area contributed by atoms with Gasteiger partial charge in [-0.15, -0.1) is 0 Å². The van der Waals surface area contributed by atoms with Crippen LogP contribution in [0.25, 0.3) is 11.0 Å². The molecule has 1 aliphatic carbocycles. The molecule has 2 aromatic heterocycles. The lowest BCUT2D eigenvalue weighted by molar-refractivity contribution is -0.384. The molecule has 0 saturated carbocycles. The van der Waals surface area contributed by atoms with Gasteiger partial charge in [0, 0.05) is 112 Å². The number of piperazine rings is 1. The first kappa shape index (κ1) is 44.6. The van der Waals surface area contributed by atoms with E-state index in [2.05, 4.69) is 55.1 Å². The van der Waals surface area contributed by atoms with Gasteiger partial charge in [0.15, 0.2) is 0 Å². The average Bonchev–Trinajstić information content (AvgIpc) is 3.71. The van der Waals surface area contributed by atoms with Crippen LogP contribution < -0.4 is 19.7 Å². The van der Waals surface area contributed by atoms with Crippen LogP contribution >= 0.6 is 11.6 Å². The second-order valence-corrected chi connectivity index (χ2v) is 20.5. The summed E-state index contributed by atoms with van der Waals surface area (Å²) in [7, 11) is -4.56. The van der Waals surface area contributed by atoms with Crippen molar-refractivity contribution in [3.8, 4) is 11.5 Å². The molecule has 15 nitrogen and oxygen atoms in total. The zero-order valence-electron chi connectivity index (χ0n) is 36.1. The van der Waals surface area contributed by atoms with Crippen molar-refractivity contribution in [2.75, 3.05) is 82.3 Å². The standard InChI is InChI=1S/C46H57ClN8O7S/c1-32(47)4-5-34-27-45(2,3)12-10-35(34)29-52-18-20-54(21-19-52)36-6-8-39(42(25-36)62-37-24-33-11-15-49-43(33)50-28-37)44(56)51-63(59,60)38-7-9-40(41(26-38)55(57)58)48-16-17-53-30-46(31-53)13-22-61-23-14-46/h6-9,11,15,24-26,28,48H,1,4-5,10,12-14,16-23,27,29-31H2,2-3H3,(H,49,50)(H,51,56). The number of aromatic nitrogens is 2. The number of allylic oxidation sites excluding steroid dienone is 2. The molecule has 63 heavy (non-hydrogen) atoms. The van der Waals surface area contributed by atoms with Gasteiger partial charge in [0.05, 0.1) is 21.6 Å². The highest BCUT2D eigenvalue weighted by Crippen LogP contribution is 2.42. The Morgan fingerprint density at radius 1 is 1.03 bits per heavy atom. The summed E-state index contributed by atoms with van der Waals surface area (Å²) in [6.07, 6.45) is 10.4. The van der Waals surface area contributed by atoms with Crippen LogP contribution in [-0.4, -0.2) is 111 Å². The largest absolute Gasteiger partial charge is 0.455 e. The van der Waals surface area contributed by atoms with Crippen molar-refractivity contribution in [3.05, 3.63) is 99.4 Å². The Bertz CT molecular complexity index is 2500. The van der Waals surface area contributed by atoms with Crippen molar-refractivity contribution in [3.63, 3.8) is 0 Å². The number of ether oxygens (including phenoxy) is 2. The van der Waals surface area contributed by atoms with E-state index in [1.54, 1.807) is 30.5 Å². The number of carbonyl (C=O) groups is 1. The highest BCUT2D eigenvalue weighted by Gasteiger charge is 2.43. The number of nitro benzene ring substituents is 1. The number of sulfonamides is 1. The third-order valence-electron chi connectivity index (χ3n) is 13.1. The molecular formula is C46H57ClN8O7S. The summed E-state index contributed by atoms with van der Waals surface area (Å²) < 4.78 is 41.4. The molecule has 0 atom stereocenters. The van der Waals surface area contributed by atoms with Crippen LogP contribution in [0.2, 0.25) is 0 Å². The normalized spacial score (nSPS) is 19.2. The fourth-order valence-electron chi connectivity index (χ4n) is 9.46. The first-order chi connectivity index (χ1) is 30.1. The molecule has 336 valence electrons. The molecule has 3 N–H and O–H groups in total. The van der Waals surface area contributed by atoms with Crippen molar-refractivity contribution in [2.24, 2.45) is 10.8 Å². The molecule has 1 spiro atoms. The maximum Gasteiger partial charge on any atom is 0.293 e. The molecule has 0 radical (unpaired) electrons. The summed E-state index contributed by atoms with van der Waals surface area (Å²) in [5, 5.41) is 16.8. The van der Waals surface area contributed by atoms with Crippen molar-refractivity contribution in [1.82, 2.24) is 24.5 Å². The number of fused-ring (bicyclic) bond motifs is 1. The van der Waals surface area contributed by atoms with Gasteiger partial charge < -0.3 is 29.6 Å². The van der Waals surface area contributed by atoms with Gasteiger partial charge in [0.1, 0.15) is 22.8 Å². The topological polar surface area (TPSA) is 175 Å². The minimum atomic E-state index is -4.56. The maximum absolute atomic E-state index is 13.9. The van der Waals surface area contributed by atoms with Gasteiger partial charge in [-0.3, -0.25) is 19.8 Å². The van der Waals surface area contributed by atoms with Crippen LogP contribution in [0, 0.1) is 20.9 Å². The monoisotopic (exact) mass is 900 g/mol. The molecule has 3 aliphatic heterocycles. The van der Waals surface area contributed by atoms with Gasteiger partial charge in [-0.05, 0) is 86.8 Å². The molecule has 5 heterocycles. The Hall–Kier alpha value is -5.00. The number of halogens is 1. The molecule has 1 amide bonds. The summed E-state index contributed by atoms with van der Waals surface area (Å²) in [5.41, 5.74) is 4.83.